The van der Waals surface area contributed by atoms with Gasteiger partial charge in [0.2, 0.25) is 0 Å². The van der Waals surface area contributed by atoms with Crippen LogP contribution in [0.5, 0.6) is 11.5 Å². The predicted octanol–water partition coefficient (Wildman–Crippen LogP) is 5.84. The Morgan fingerprint density at radius 2 is 1.86 bits per heavy atom. The number of Topliss-reactive ketones (excluding diaryl/α,β-unsaturated/α-hetero) is 1. The standard InChI is InChI=1S/C23H24ClNO3/c1-5-27-21-13-16(12-18(14-25)22(26)23(2,3)4)10-11-20(21)28-15-17-8-6-7-9-19(17)24/h6-13H,5,15H2,1-4H3/b18-12+. The quantitative estimate of drug-likeness (QED) is 0.435. The molecule has 0 amide bonds. The summed E-state index contributed by atoms with van der Waals surface area (Å²) in [6.45, 7) is 8.01. The molecule has 2 aromatic rings. The largest absolute Gasteiger partial charge is 0.490 e. The van der Waals surface area contributed by atoms with Crippen molar-refractivity contribution in [1.29, 1.82) is 5.26 Å². The van der Waals surface area contributed by atoms with Gasteiger partial charge < -0.3 is 9.47 Å². The molecule has 0 aromatic heterocycles. The fourth-order valence-electron chi connectivity index (χ4n) is 2.49. The van der Waals surface area contributed by atoms with Gasteiger partial charge in [-0.3, -0.25) is 4.79 Å². The van der Waals surface area contributed by atoms with Gasteiger partial charge >= 0.3 is 0 Å². The number of ether oxygens (including phenoxy) is 2. The molecule has 0 radical (unpaired) electrons. The minimum absolute atomic E-state index is 0.111. The molecule has 0 aliphatic carbocycles. The summed E-state index contributed by atoms with van der Waals surface area (Å²) < 4.78 is 11.6. The first-order valence-corrected chi connectivity index (χ1v) is 9.43. The van der Waals surface area contributed by atoms with Crippen molar-refractivity contribution in [1.82, 2.24) is 0 Å². The van der Waals surface area contributed by atoms with Crippen LogP contribution in [0.15, 0.2) is 48.0 Å². The summed E-state index contributed by atoms with van der Waals surface area (Å²) in [4.78, 5) is 12.4. The maximum Gasteiger partial charge on any atom is 0.178 e. The van der Waals surface area contributed by atoms with Crippen LogP contribution < -0.4 is 9.47 Å². The fraction of sp³-hybridized carbons (Fsp3) is 0.304. The minimum Gasteiger partial charge on any atom is -0.490 e. The molecular weight excluding hydrogens is 374 g/mol. The number of hydrogen-bond acceptors (Lipinski definition) is 4. The molecule has 2 rings (SSSR count). The molecule has 0 aliphatic heterocycles. The highest BCUT2D eigenvalue weighted by Gasteiger charge is 2.25. The lowest BCUT2D eigenvalue weighted by Crippen LogP contribution is -2.21. The van der Waals surface area contributed by atoms with Crippen molar-refractivity contribution in [2.45, 2.75) is 34.3 Å². The zero-order valence-electron chi connectivity index (χ0n) is 16.6. The molecule has 0 bridgehead atoms. The Labute approximate surface area is 171 Å². The van der Waals surface area contributed by atoms with Crippen LogP contribution in [0.25, 0.3) is 6.08 Å². The molecule has 0 heterocycles. The molecule has 5 heteroatoms. The molecule has 28 heavy (non-hydrogen) atoms. The van der Waals surface area contributed by atoms with Gasteiger partial charge in [0, 0.05) is 16.0 Å². The third-order valence-corrected chi connectivity index (χ3v) is 4.33. The topological polar surface area (TPSA) is 59.3 Å². The first-order chi connectivity index (χ1) is 13.3. The van der Waals surface area contributed by atoms with Crippen LogP contribution in [-0.2, 0) is 11.4 Å². The summed E-state index contributed by atoms with van der Waals surface area (Å²) in [6.07, 6.45) is 1.58. The lowest BCUT2D eigenvalue weighted by atomic mass is 9.86. The summed E-state index contributed by atoms with van der Waals surface area (Å²) in [7, 11) is 0. The molecule has 0 unspecified atom stereocenters. The Morgan fingerprint density at radius 1 is 1.14 bits per heavy atom. The molecule has 0 fully saturated rings. The van der Waals surface area contributed by atoms with Gasteiger partial charge in [-0.15, -0.1) is 0 Å². The van der Waals surface area contributed by atoms with E-state index in [0.717, 1.165) is 5.56 Å². The highest BCUT2D eigenvalue weighted by atomic mass is 35.5. The van der Waals surface area contributed by atoms with Gasteiger partial charge in [0.25, 0.3) is 0 Å². The molecule has 0 saturated heterocycles. The monoisotopic (exact) mass is 397 g/mol. The normalized spacial score (nSPS) is 11.6. The van der Waals surface area contributed by atoms with E-state index in [1.807, 2.05) is 37.3 Å². The van der Waals surface area contributed by atoms with Crippen molar-refractivity contribution < 1.29 is 14.3 Å². The molecule has 146 valence electrons. The third kappa shape index (κ3) is 5.61. The Morgan fingerprint density at radius 3 is 2.46 bits per heavy atom. The van der Waals surface area contributed by atoms with E-state index in [9.17, 15) is 10.1 Å². The minimum atomic E-state index is -0.623. The summed E-state index contributed by atoms with van der Waals surface area (Å²) >= 11 is 6.17. The molecule has 0 atom stereocenters. The Hall–Kier alpha value is -2.77. The number of ketones is 1. The van der Waals surface area contributed by atoms with Crippen LogP contribution in [-0.4, -0.2) is 12.4 Å². The molecule has 0 saturated carbocycles. The number of nitrogens with zero attached hydrogens (tertiary/aromatic N) is 1. The van der Waals surface area contributed by atoms with Crippen LogP contribution in [0.2, 0.25) is 5.02 Å². The van der Waals surface area contributed by atoms with Crippen LogP contribution in [0, 0.1) is 16.7 Å². The molecular formula is C23H24ClNO3. The van der Waals surface area contributed by atoms with E-state index < -0.39 is 5.41 Å². The van der Waals surface area contributed by atoms with Crippen LogP contribution >= 0.6 is 11.6 Å². The van der Waals surface area contributed by atoms with Gasteiger partial charge in [0.15, 0.2) is 17.3 Å². The second-order valence-electron chi connectivity index (χ2n) is 7.27. The first kappa shape index (κ1) is 21.5. The Bertz CT molecular complexity index is 920. The Kier molecular flexibility index (Phi) is 7.25. The predicted molar refractivity (Wildman–Crippen MR) is 111 cm³/mol. The zero-order chi connectivity index (χ0) is 20.7. The van der Waals surface area contributed by atoms with E-state index in [1.54, 1.807) is 45.0 Å². The summed E-state index contributed by atoms with van der Waals surface area (Å²) in [5, 5.41) is 10.0. The van der Waals surface area contributed by atoms with Gasteiger partial charge in [0.1, 0.15) is 12.7 Å². The van der Waals surface area contributed by atoms with Crippen molar-refractivity contribution in [3.8, 4) is 17.6 Å². The summed E-state index contributed by atoms with van der Waals surface area (Å²) in [6, 6.07) is 14.8. The fourth-order valence-corrected chi connectivity index (χ4v) is 2.68. The van der Waals surface area contributed by atoms with Crippen molar-refractivity contribution in [2.24, 2.45) is 5.41 Å². The lowest BCUT2D eigenvalue weighted by molar-refractivity contribution is -0.121. The van der Waals surface area contributed by atoms with Gasteiger partial charge in [-0.1, -0.05) is 56.6 Å². The number of hydrogen-bond donors (Lipinski definition) is 0. The van der Waals surface area contributed by atoms with Gasteiger partial charge in [-0.25, -0.2) is 0 Å². The molecule has 2 aromatic carbocycles. The average molecular weight is 398 g/mol. The number of carbonyl (C=O) groups is 1. The maximum atomic E-state index is 12.4. The van der Waals surface area contributed by atoms with Crippen molar-refractivity contribution >= 4 is 23.5 Å². The van der Waals surface area contributed by atoms with E-state index in [4.69, 9.17) is 21.1 Å². The number of nitriles is 1. The number of benzene rings is 2. The van der Waals surface area contributed by atoms with Crippen molar-refractivity contribution in [2.75, 3.05) is 6.61 Å². The summed E-state index contributed by atoms with van der Waals surface area (Å²) in [5.41, 5.74) is 1.06. The summed E-state index contributed by atoms with van der Waals surface area (Å²) in [5.74, 6) is 0.912. The number of allylic oxidation sites excluding steroid dienone is 1. The van der Waals surface area contributed by atoms with Crippen LogP contribution in [0.3, 0.4) is 0 Å². The molecule has 4 nitrogen and oxygen atoms in total. The molecule has 0 N–H and O–H groups in total. The van der Waals surface area contributed by atoms with Crippen molar-refractivity contribution in [3.63, 3.8) is 0 Å². The van der Waals surface area contributed by atoms with E-state index in [2.05, 4.69) is 0 Å². The highest BCUT2D eigenvalue weighted by Crippen LogP contribution is 2.31. The third-order valence-electron chi connectivity index (χ3n) is 3.97. The number of halogens is 1. The lowest BCUT2D eigenvalue weighted by Gasteiger charge is -2.16. The molecule has 0 aliphatic rings. The molecule has 0 spiro atoms. The average Bonchev–Trinajstić information content (AvgIpc) is 2.65. The number of rotatable bonds is 7. The van der Waals surface area contributed by atoms with E-state index in [-0.39, 0.29) is 11.4 Å². The highest BCUT2D eigenvalue weighted by molar-refractivity contribution is 6.31. The van der Waals surface area contributed by atoms with Crippen LogP contribution in [0.1, 0.15) is 38.8 Å². The van der Waals surface area contributed by atoms with Crippen LogP contribution in [0.4, 0.5) is 0 Å². The second-order valence-corrected chi connectivity index (χ2v) is 7.68. The van der Waals surface area contributed by atoms with Gasteiger partial charge in [-0.2, -0.15) is 5.26 Å². The van der Waals surface area contributed by atoms with E-state index in [0.29, 0.717) is 35.3 Å². The zero-order valence-corrected chi connectivity index (χ0v) is 17.3. The Balaban J connectivity index is 2.29. The van der Waals surface area contributed by atoms with Gasteiger partial charge in [0.05, 0.1) is 12.2 Å². The van der Waals surface area contributed by atoms with Gasteiger partial charge in [-0.05, 0) is 36.8 Å². The SMILES string of the molecule is CCOc1cc(/C=C(\C#N)C(=O)C(C)(C)C)ccc1OCc1ccccc1Cl. The van der Waals surface area contributed by atoms with E-state index in [1.165, 1.54) is 0 Å². The smallest absolute Gasteiger partial charge is 0.178 e. The first-order valence-electron chi connectivity index (χ1n) is 9.06. The van der Waals surface area contributed by atoms with Crippen molar-refractivity contribution in [3.05, 3.63) is 64.2 Å². The second kappa shape index (κ2) is 9.43. The maximum absolute atomic E-state index is 12.4. The number of carbonyl (C=O) groups excluding carboxylic acids is 1. The van der Waals surface area contributed by atoms with E-state index >= 15 is 0 Å².